The Morgan fingerprint density at radius 1 is 0.854 bits per heavy atom. The molecule has 2 aliphatic rings. The maximum absolute atomic E-state index is 10.2. The molecule has 1 atom stereocenters. The number of thiophene rings is 1. The number of benzene rings is 3. The number of hydrogen-bond acceptors (Lipinski definition) is 6. The van der Waals surface area contributed by atoms with Crippen molar-refractivity contribution in [1.82, 2.24) is 9.80 Å². The number of likely N-dealkylation sites (tertiary alicyclic amines) is 2. The maximum Gasteiger partial charge on any atom is 0.119 e. The van der Waals surface area contributed by atoms with E-state index in [0.717, 1.165) is 48.9 Å². The summed E-state index contributed by atoms with van der Waals surface area (Å²) in [5.74, 6) is 2.16. The van der Waals surface area contributed by atoms with Crippen LogP contribution in [0.25, 0.3) is 20.5 Å². The van der Waals surface area contributed by atoms with Crippen molar-refractivity contribution in [3.8, 4) is 27.7 Å². The van der Waals surface area contributed by atoms with Crippen molar-refractivity contribution in [1.29, 1.82) is 0 Å². The van der Waals surface area contributed by atoms with E-state index in [0.29, 0.717) is 11.8 Å². The van der Waals surface area contributed by atoms with Gasteiger partial charge in [0, 0.05) is 22.2 Å². The molecule has 6 heteroatoms. The summed E-state index contributed by atoms with van der Waals surface area (Å²) in [6.45, 7) is 9.39. The lowest BCUT2D eigenvalue weighted by molar-refractivity contribution is 0.179. The van der Waals surface area contributed by atoms with Crippen LogP contribution >= 0.6 is 11.3 Å². The molecule has 4 aromatic rings. The zero-order valence-corrected chi connectivity index (χ0v) is 25.0. The fourth-order valence-corrected chi connectivity index (χ4v) is 7.59. The van der Waals surface area contributed by atoms with Crippen molar-refractivity contribution in [2.45, 2.75) is 51.5 Å². The van der Waals surface area contributed by atoms with Gasteiger partial charge in [0.2, 0.25) is 0 Å². The standard InChI is InChI=1S/C35H42N2O3S/c1-2-37-20-6-7-28(37)25-40-31-15-10-27(11-16-31)35-33(32-17-12-29(38)24-34(32)41-35)23-26-8-13-30(14-9-26)39-22-21-36-18-4-3-5-19-36/h8-17,24,28,38H,2-7,18-23,25H2,1H3. The highest BCUT2D eigenvalue weighted by Gasteiger charge is 2.23. The van der Waals surface area contributed by atoms with Gasteiger partial charge in [0.15, 0.2) is 0 Å². The van der Waals surface area contributed by atoms with E-state index in [2.05, 4.69) is 71.3 Å². The third-order valence-electron chi connectivity index (χ3n) is 8.67. The topological polar surface area (TPSA) is 45.2 Å². The van der Waals surface area contributed by atoms with E-state index in [-0.39, 0.29) is 0 Å². The molecule has 1 aromatic heterocycles. The molecule has 1 N–H and O–H groups in total. The molecule has 5 nitrogen and oxygen atoms in total. The molecule has 2 saturated heterocycles. The highest BCUT2D eigenvalue weighted by Crippen LogP contribution is 2.41. The van der Waals surface area contributed by atoms with Crippen molar-refractivity contribution in [2.24, 2.45) is 0 Å². The smallest absolute Gasteiger partial charge is 0.119 e. The molecule has 0 radical (unpaired) electrons. The Hall–Kier alpha value is -3.06. The zero-order chi connectivity index (χ0) is 28.0. The lowest BCUT2D eigenvalue weighted by Crippen LogP contribution is -2.33. The SMILES string of the molecule is CCN1CCCC1COc1ccc(-c2sc3cc(O)ccc3c2Cc2ccc(OCCN3CCCCC3)cc2)cc1. The van der Waals surface area contributed by atoms with Gasteiger partial charge in [0.05, 0.1) is 0 Å². The number of likely N-dealkylation sites (N-methyl/N-ethyl adjacent to an activating group) is 1. The van der Waals surface area contributed by atoms with E-state index in [1.807, 2.05) is 6.07 Å². The van der Waals surface area contributed by atoms with Gasteiger partial charge in [-0.25, -0.2) is 0 Å². The van der Waals surface area contributed by atoms with Gasteiger partial charge in [0.25, 0.3) is 0 Å². The number of nitrogens with zero attached hydrogens (tertiary/aromatic N) is 2. The Balaban J connectivity index is 1.15. The van der Waals surface area contributed by atoms with Crippen LogP contribution in [0.5, 0.6) is 17.2 Å². The second-order valence-electron chi connectivity index (χ2n) is 11.4. The van der Waals surface area contributed by atoms with Crippen molar-refractivity contribution in [2.75, 3.05) is 45.9 Å². The van der Waals surface area contributed by atoms with Gasteiger partial charge in [-0.15, -0.1) is 11.3 Å². The predicted molar refractivity (Wildman–Crippen MR) is 170 cm³/mol. The molecule has 3 heterocycles. The number of rotatable bonds is 11. The molecule has 41 heavy (non-hydrogen) atoms. The molecular weight excluding hydrogens is 528 g/mol. The predicted octanol–water partition coefficient (Wildman–Crippen LogP) is 7.59. The minimum absolute atomic E-state index is 0.305. The fraction of sp³-hybridized carbons (Fsp3) is 0.429. The Morgan fingerprint density at radius 3 is 2.39 bits per heavy atom. The molecular formula is C35H42N2O3S. The molecule has 0 amide bonds. The molecule has 3 aromatic carbocycles. The van der Waals surface area contributed by atoms with E-state index >= 15 is 0 Å². The first kappa shape index (κ1) is 28.1. The van der Waals surface area contributed by atoms with E-state index in [1.165, 1.54) is 78.7 Å². The second-order valence-corrected chi connectivity index (χ2v) is 12.5. The normalized spacial score (nSPS) is 18.2. The number of aromatic hydroxyl groups is 1. The Morgan fingerprint density at radius 2 is 1.61 bits per heavy atom. The summed E-state index contributed by atoms with van der Waals surface area (Å²) < 4.78 is 13.4. The molecule has 0 bridgehead atoms. The van der Waals surface area contributed by atoms with Crippen molar-refractivity contribution in [3.63, 3.8) is 0 Å². The van der Waals surface area contributed by atoms with Crippen molar-refractivity contribution >= 4 is 21.4 Å². The molecule has 2 fully saturated rings. The van der Waals surface area contributed by atoms with Crippen LogP contribution in [0.15, 0.2) is 66.7 Å². The number of piperidine rings is 1. The van der Waals surface area contributed by atoms with Crippen molar-refractivity contribution < 1.29 is 14.6 Å². The van der Waals surface area contributed by atoms with Crippen LogP contribution in [-0.2, 0) is 6.42 Å². The first-order valence-corrected chi connectivity index (χ1v) is 16.1. The largest absolute Gasteiger partial charge is 0.508 e. The van der Waals surface area contributed by atoms with Gasteiger partial charge in [-0.3, -0.25) is 9.80 Å². The summed E-state index contributed by atoms with van der Waals surface area (Å²) >= 11 is 1.74. The number of phenolic OH excluding ortho intramolecular Hbond substituents is 1. The summed E-state index contributed by atoms with van der Waals surface area (Å²) in [5.41, 5.74) is 3.73. The van der Waals surface area contributed by atoms with Crippen LogP contribution in [0.3, 0.4) is 0 Å². The van der Waals surface area contributed by atoms with E-state index < -0.39 is 0 Å². The van der Waals surface area contributed by atoms with E-state index in [4.69, 9.17) is 9.47 Å². The van der Waals surface area contributed by atoms with Gasteiger partial charge in [-0.2, -0.15) is 0 Å². The summed E-state index contributed by atoms with van der Waals surface area (Å²) in [5, 5.41) is 11.4. The van der Waals surface area contributed by atoms with Gasteiger partial charge < -0.3 is 14.6 Å². The van der Waals surface area contributed by atoms with Crippen LogP contribution in [0.4, 0.5) is 0 Å². The maximum atomic E-state index is 10.2. The van der Waals surface area contributed by atoms with Crippen LogP contribution in [0.1, 0.15) is 50.2 Å². The third kappa shape index (κ3) is 6.88. The number of hydrogen-bond donors (Lipinski definition) is 1. The summed E-state index contributed by atoms with van der Waals surface area (Å²) in [4.78, 5) is 6.26. The molecule has 6 rings (SSSR count). The third-order valence-corrected chi connectivity index (χ3v) is 9.91. The van der Waals surface area contributed by atoms with E-state index in [1.54, 1.807) is 17.4 Å². The molecule has 216 valence electrons. The van der Waals surface area contributed by atoms with Gasteiger partial charge in [-0.05, 0) is 135 Å². The first-order chi connectivity index (χ1) is 20.2. The van der Waals surface area contributed by atoms with Gasteiger partial charge in [0.1, 0.15) is 30.5 Å². The quantitative estimate of drug-likeness (QED) is 0.201. The molecule has 1 unspecified atom stereocenters. The monoisotopic (exact) mass is 570 g/mol. The van der Waals surface area contributed by atoms with E-state index in [9.17, 15) is 5.11 Å². The van der Waals surface area contributed by atoms with Crippen LogP contribution < -0.4 is 9.47 Å². The Bertz CT molecular complexity index is 1410. The molecule has 0 aliphatic carbocycles. The number of phenols is 1. The summed E-state index contributed by atoms with van der Waals surface area (Å²) in [7, 11) is 0. The van der Waals surface area contributed by atoms with Gasteiger partial charge >= 0.3 is 0 Å². The van der Waals surface area contributed by atoms with Crippen molar-refractivity contribution in [3.05, 3.63) is 77.9 Å². The minimum Gasteiger partial charge on any atom is -0.508 e. The number of fused-ring (bicyclic) bond motifs is 1. The molecule has 0 saturated carbocycles. The Labute approximate surface area is 248 Å². The zero-order valence-electron chi connectivity index (χ0n) is 24.2. The second kappa shape index (κ2) is 13.3. The molecule has 0 spiro atoms. The lowest BCUT2D eigenvalue weighted by atomic mass is 9.99. The lowest BCUT2D eigenvalue weighted by Gasteiger charge is -2.26. The highest BCUT2D eigenvalue weighted by atomic mass is 32.1. The van der Waals surface area contributed by atoms with Gasteiger partial charge in [-0.1, -0.05) is 25.5 Å². The summed E-state index contributed by atoms with van der Waals surface area (Å²) in [6, 6.07) is 23.4. The van der Waals surface area contributed by atoms with Crippen LogP contribution in [0.2, 0.25) is 0 Å². The fourth-order valence-electron chi connectivity index (χ4n) is 6.33. The van der Waals surface area contributed by atoms with Crippen LogP contribution in [0, 0.1) is 0 Å². The average molecular weight is 571 g/mol. The summed E-state index contributed by atoms with van der Waals surface area (Å²) in [6.07, 6.45) is 7.28. The Kier molecular flexibility index (Phi) is 9.10. The highest BCUT2D eigenvalue weighted by molar-refractivity contribution is 7.22. The minimum atomic E-state index is 0.305. The molecule has 2 aliphatic heterocycles. The number of ether oxygens (including phenoxy) is 2. The average Bonchev–Trinajstić information content (AvgIpc) is 3.61. The first-order valence-electron chi connectivity index (χ1n) is 15.3. The van der Waals surface area contributed by atoms with Crippen LogP contribution in [-0.4, -0.2) is 66.9 Å².